The normalized spacial score (nSPS) is 9.85. The van der Waals surface area contributed by atoms with Crippen molar-refractivity contribution in [3.05, 3.63) is 35.2 Å². The molecule has 5 nitrogen and oxygen atoms in total. The van der Waals surface area contributed by atoms with Crippen LogP contribution in [0.1, 0.15) is 63.8 Å². The molecule has 152 valence electrons. The molecule has 0 spiro atoms. The SMILES string of the molecule is CC.CCCOC.COc1nc(C(C)C)ccc1-c1ncc(N)c(C)c1C. The number of rotatable bonds is 5. The van der Waals surface area contributed by atoms with E-state index in [2.05, 4.69) is 30.7 Å². The molecule has 0 fully saturated rings. The van der Waals surface area contributed by atoms with Crippen LogP contribution in [0.2, 0.25) is 0 Å². The Balaban J connectivity index is 0.000000838. The molecular formula is C22H37N3O2. The highest BCUT2D eigenvalue weighted by molar-refractivity contribution is 5.71. The fourth-order valence-electron chi connectivity index (χ4n) is 2.31. The summed E-state index contributed by atoms with van der Waals surface area (Å²) < 4.78 is 10.1. The molecule has 5 heteroatoms. The number of methoxy groups -OCH3 is 2. The van der Waals surface area contributed by atoms with Gasteiger partial charge < -0.3 is 15.2 Å². The van der Waals surface area contributed by atoms with Crippen molar-refractivity contribution in [2.24, 2.45) is 0 Å². The van der Waals surface area contributed by atoms with Gasteiger partial charge in [-0.25, -0.2) is 4.98 Å². The molecule has 0 aliphatic carbocycles. The van der Waals surface area contributed by atoms with Gasteiger partial charge in [0.15, 0.2) is 0 Å². The molecule has 2 heterocycles. The third kappa shape index (κ3) is 7.18. The van der Waals surface area contributed by atoms with Gasteiger partial charge in [0.05, 0.1) is 30.3 Å². The average molecular weight is 376 g/mol. The highest BCUT2D eigenvalue weighted by atomic mass is 16.5. The number of aromatic nitrogens is 2. The smallest absolute Gasteiger partial charge is 0.222 e. The average Bonchev–Trinajstić information content (AvgIpc) is 2.68. The molecule has 2 rings (SSSR count). The van der Waals surface area contributed by atoms with Crippen molar-refractivity contribution in [3.63, 3.8) is 0 Å². The van der Waals surface area contributed by atoms with E-state index < -0.39 is 0 Å². The van der Waals surface area contributed by atoms with E-state index in [1.54, 1.807) is 20.4 Å². The number of nitrogens with zero attached hydrogens (tertiary/aromatic N) is 2. The lowest BCUT2D eigenvalue weighted by Crippen LogP contribution is -2.02. The second-order valence-corrected chi connectivity index (χ2v) is 6.25. The Morgan fingerprint density at radius 1 is 1.07 bits per heavy atom. The Hall–Kier alpha value is -2.14. The van der Waals surface area contributed by atoms with E-state index in [0.29, 0.717) is 17.5 Å². The van der Waals surface area contributed by atoms with Gasteiger partial charge in [0.1, 0.15) is 0 Å². The van der Waals surface area contributed by atoms with Crippen LogP contribution < -0.4 is 10.5 Å². The minimum atomic E-state index is 0.361. The minimum Gasteiger partial charge on any atom is -0.480 e. The highest BCUT2D eigenvalue weighted by Crippen LogP contribution is 2.32. The van der Waals surface area contributed by atoms with Gasteiger partial charge in [-0.15, -0.1) is 0 Å². The zero-order valence-electron chi connectivity index (χ0n) is 18.5. The van der Waals surface area contributed by atoms with Crippen LogP contribution in [0.15, 0.2) is 18.3 Å². The molecule has 0 aliphatic rings. The molecule has 2 N–H and O–H groups in total. The van der Waals surface area contributed by atoms with Crippen LogP contribution in [0.3, 0.4) is 0 Å². The van der Waals surface area contributed by atoms with Crippen molar-refractivity contribution in [3.8, 4) is 17.1 Å². The second kappa shape index (κ2) is 13.1. The first-order valence-electron chi connectivity index (χ1n) is 9.63. The van der Waals surface area contributed by atoms with Gasteiger partial charge in [-0.05, 0) is 49.4 Å². The number of pyridine rings is 2. The van der Waals surface area contributed by atoms with Crippen LogP contribution in [-0.4, -0.2) is 30.8 Å². The summed E-state index contributed by atoms with van der Waals surface area (Å²) in [5.74, 6) is 0.969. The van der Waals surface area contributed by atoms with Gasteiger partial charge in [-0.1, -0.05) is 34.6 Å². The Morgan fingerprint density at radius 2 is 1.70 bits per heavy atom. The fourth-order valence-corrected chi connectivity index (χ4v) is 2.31. The molecule has 0 unspecified atom stereocenters. The molecule has 0 saturated heterocycles. The van der Waals surface area contributed by atoms with E-state index in [-0.39, 0.29) is 0 Å². The third-order valence-electron chi connectivity index (χ3n) is 4.01. The molecule has 2 aromatic heterocycles. The molecular weight excluding hydrogens is 338 g/mol. The van der Waals surface area contributed by atoms with Crippen LogP contribution in [0.5, 0.6) is 5.88 Å². The lowest BCUT2D eigenvalue weighted by molar-refractivity contribution is 0.199. The lowest BCUT2D eigenvalue weighted by atomic mass is 10.0. The summed E-state index contributed by atoms with van der Waals surface area (Å²) in [5, 5.41) is 0. The first-order chi connectivity index (χ1) is 12.9. The number of ether oxygens (including phenoxy) is 2. The van der Waals surface area contributed by atoms with Crippen molar-refractivity contribution >= 4 is 5.69 Å². The first-order valence-corrected chi connectivity index (χ1v) is 9.63. The highest BCUT2D eigenvalue weighted by Gasteiger charge is 2.15. The zero-order chi connectivity index (χ0) is 21.0. The number of anilines is 1. The quantitative estimate of drug-likeness (QED) is 0.742. The molecule has 0 aliphatic heterocycles. The molecule has 0 bridgehead atoms. The standard InChI is InChI=1S/C16H21N3O.C4H10O.C2H6/c1-9(2)14-7-6-12(16(19-14)20-5)15-11(4)10(3)13(17)8-18-15;1-3-4-5-2;1-2/h6-9H,17H2,1-5H3;3-4H2,1-2H3;1-2H3. The van der Waals surface area contributed by atoms with Gasteiger partial charge in [0, 0.05) is 19.4 Å². The topological polar surface area (TPSA) is 70.3 Å². The van der Waals surface area contributed by atoms with Crippen LogP contribution in [-0.2, 0) is 4.74 Å². The molecule has 2 aromatic rings. The molecule has 0 saturated carbocycles. The van der Waals surface area contributed by atoms with E-state index in [1.165, 1.54) is 0 Å². The van der Waals surface area contributed by atoms with Gasteiger partial charge in [0.2, 0.25) is 5.88 Å². The maximum absolute atomic E-state index is 5.89. The Bertz CT molecular complexity index is 683. The fraction of sp³-hybridized carbons (Fsp3) is 0.545. The van der Waals surface area contributed by atoms with Crippen molar-refractivity contribution < 1.29 is 9.47 Å². The van der Waals surface area contributed by atoms with E-state index in [4.69, 9.17) is 15.2 Å². The van der Waals surface area contributed by atoms with E-state index in [9.17, 15) is 0 Å². The summed E-state index contributed by atoms with van der Waals surface area (Å²) >= 11 is 0. The van der Waals surface area contributed by atoms with Gasteiger partial charge in [-0.2, -0.15) is 0 Å². The van der Waals surface area contributed by atoms with Gasteiger partial charge >= 0.3 is 0 Å². The van der Waals surface area contributed by atoms with Crippen LogP contribution in [0, 0.1) is 13.8 Å². The predicted octanol–water partition coefficient (Wildman–Crippen LogP) is 5.54. The maximum Gasteiger partial charge on any atom is 0.222 e. The van der Waals surface area contributed by atoms with E-state index in [1.807, 2.05) is 39.8 Å². The number of nitrogen functional groups attached to an aromatic ring is 1. The largest absolute Gasteiger partial charge is 0.480 e. The van der Waals surface area contributed by atoms with E-state index >= 15 is 0 Å². The minimum absolute atomic E-state index is 0.361. The molecule has 0 aromatic carbocycles. The summed E-state index contributed by atoms with van der Waals surface area (Å²) in [5.41, 5.74) is 11.5. The zero-order valence-corrected chi connectivity index (χ0v) is 18.5. The Kier molecular flexibility index (Phi) is 12.1. The van der Waals surface area contributed by atoms with Crippen LogP contribution in [0.4, 0.5) is 5.69 Å². The van der Waals surface area contributed by atoms with Crippen molar-refractivity contribution in [1.82, 2.24) is 9.97 Å². The number of hydrogen-bond acceptors (Lipinski definition) is 5. The Morgan fingerprint density at radius 3 is 2.15 bits per heavy atom. The monoisotopic (exact) mass is 375 g/mol. The molecule has 0 amide bonds. The second-order valence-electron chi connectivity index (χ2n) is 6.25. The Labute approximate surface area is 165 Å². The van der Waals surface area contributed by atoms with E-state index in [0.717, 1.165) is 41.1 Å². The summed E-state index contributed by atoms with van der Waals surface area (Å²) in [4.78, 5) is 9.01. The number of hydrogen-bond donors (Lipinski definition) is 1. The molecule has 27 heavy (non-hydrogen) atoms. The summed E-state index contributed by atoms with van der Waals surface area (Å²) in [6.45, 7) is 15.2. The van der Waals surface area contributed by atoms with Crippen molar-refractivity contribution in [2.75, 3.05) is 26.6 Å². The van der Waals surface area contributed by atoms with Crippen LogP contribution in [0.25, 0.3) is 11.3 Å². The maximum atomic E-state index is 5.89. The summed E-state index contributed by atoms with van der Waals surface area (Å²) in [6.07, 6.45) is 2.81. The summed E-state index contributed by atoms with van der Waals surface area (Å²) in [7, 11) is 3.35. The third-order valence-corrected chi connectivity index (χ3v) is 4.01. The van der Waals surface area contributed by atoms with Gasteiger partial charge in [0.25, 0.3) is 0 Å². The molecule has 0 atom stereocenters. The summed E-state index contributed by atoms with van der Waals surface area (Å²) in [6, 6.07) is 4.04. The van der Waals surface area contributed by atoms with Gasteiger partial charge in [-0.3, -0.25) is 4.98 Å². The number of nitrogens with two attached hydrogens (primary N) is 1. The lowest BCUT2D eigenvalue weighted by Gasteiger charge is -2.14. The molecule has 0 radical (unpaired) electrons. The van der Waals surface area contributed by atoms with Crippen molar-refractivity contribution in [2.45, 2.75) is 60.8 Å². The first kappa shape index (κ1) is 24.9. The van der Waals surface area contributed by atoms with Crippen molar-refractivity contribution in [1.29, 1.82) is 0 Å². The predicted molar refractivity (Wildman–Crippen MR) is 116 cm³/mol. The van der Waals surface area contributed by atoms with Crippen LogP contribution >= 0.6 is 0 Å².